The SMILES string of the molecule is CC[C@@H]1CCCCN1C(=O)CCN. The third-order valence-electron chi connectivity index (χ3n) is 2.78. The lowest BCUT2D eigenvalue weighted by molar-refractivity contribution is -0.134. The van der Waals surface area contributed by atoms with E-state index in [1.165, 1.54) is 12.8 Å². The van der Waals surface area contributed by atoms with Gasteiger partial charge in [0.05, 0.1) is 0 Å². The number of carbonyl (C=O) groups is 1. The van der Waals surface area contributed by atoms with Crippen LogP contribution in [-0.4, -0.2) is 29.9 Å². The summed E-state index contributed by atoms with van der Waals surface area (Å²) in [7, 11) is 0. The van der Waals surface area contributed by atoms with Crippen LogP contribution in [0.4, 0.5) is 0 Å². The van der Waals surface area contributed by atoms with Crippen LogP contribution in [-0.2, 0) is 4.79 Å². The molecule has 1 fully saturated rings. The van der Waals surface area contributed by atoms with Crippen LogP contribution < -0.4 is 5.73 Å². The standard InChI is InChI=1S/C10H20N2O/c1-2-9-5-3-4-8-12(9)10(13)6-7-11/h9H,2-8,11H2,1H3/t9-/m1/s1. The van der Waals surface area contributed by atoms with E-state index in [0.717, 1.165) is 19.4 Å². The van der Waals surface area contributed by atoms with Gasteiger partial charge in [0, 0.05) is 25.6 Å². The Morgan fingerprint density at radius 2 is 2.31 bits per heavy atom. The average Bonchev–Trinajstić information content (AvgIpc) is 2.18. The molecule has 0 radical (unpaired) electrons. The maximum Gasteiger partial charge on any atom is 0.224 e. The van der Waals surface area contributed by atoms with Gasteiger partial charge >= 0.3 is 0 Å². The van der Waals surface area contributed by atoms with E-state index in [2.05, 4.69) is 6.92 Å². The average molecular weight is 184 g/mol. The number of nitrogens with zero attached hydrogens (tertiary/aromatic N) is 1. The molecule has 76 valence electrons. The molecular formula is C10H20N2O. The largest absolute Gasteiger partial charge is 0.340 e. The third kappa shape index (κ3) is 2.69. The van der Waals surface area contributed by atoms with Crippen molar-refractivity contribution in [2.75, 3.05) is 13.1 Å². The van der Waals surface area contributed by atoms with E-state index < -0.39 is 0 Å². The number of nitrogens with two attached hydrogens (primary N) is 1. The van der Waals surface area contributed by atoms with Gasteiger partial charge in [-0.05, 0) is 25.7 Å². The van der Waals surface area contributed by atoms with E-state index in [-0.39, 0.29) is 5.91 Å². The number of hydrogen-bond donors (Lipinski definition) is 1. The first-order valence-electron chi connectivity index (χ1n) is 5.29. The lowest BCUT2D eigenvalue weighted by Crippen LogP contribution is -2.43. The fraction of sp³-hybridized carbons (Fsp3) is 0.900. The van der Waals surface area contributed by atoms with Crippen LogP contribution >= 0.6 is 0 Å². The minimum atomic E-state index is 0.244. The number of carbonyl (C=O) groups excluding carboxylic acids is 1. The van der Waals surface area contributed by atoms with Gasteiger partial charge in [0.15, 0.2) is 0 Å². The van der Waals surface area contributed by atoms with Crippen LogP contribution in [0.5, 0.6) is 0 Å². The van der Waals surface area contributed by atoms with Gasteiger partial charge in [-0.3, -0.25) is 4.79 Å². The molecule has 1 amide bonds. The van der Waals surface area contributed by atoms with Crippen LogP contribution in [0.3, 0.4) is 0 Å². The number of likely N-dealkylation sites (tertiary alicyclic amines) is 1. The Morgan fingerprint density at radius 1 is 1.54 bits per heavy atom. The summed E-state index contributed by atoms with van der Waals surface area (Å²) in [4.78, 5) is 13.6. The van der Waals surface area contributed by atoms with Crippen LogP contribution in [0, 0.1) is 0 Å². The van der Waals surface area contributed by atoms with Crippen molar-refractivity contribution in [3.05, 3.63) is 0 Å². The summed E-state index contributed by atoms with van der Waals surface area (Å²) < 4.78 is 0. The molecule has 0 saturated carbocycles. The molecule has 0 aromatic carbocycles. The highest BCUT2D eigenvalue weighted by atomic mass is 16.2. The maximum absolute atomic E-state index is 11.6. The molecule has 1 atom stereocenters. The second kappa shape index (κ2) is 5.22. The summed E-state index contributed by atoms with van der Waals surface area (Å²) in [6.45, 7) is 3.57. The zero-order valence-electron chi connectivity index (χ0n) is 8.46. The van der Waals surface area contributed by atoms with Gasteiger partial charge < -0.3 is 10.6 Å². The molecule has 1 aliphatic heterocycles. The predicted molar refractivity (Wildman–Crippen MR) is 53.3 cm³/mol. The van der Waals surface area contributed by atoms with Crippen molar-refractivity contribution >= 4 is 5.91 Å². The van der Waals surface area contributed by atoms with E-state index >= 15 is 0 Å². The Labute approximate surface area is 80.3 Å². The van der Waals surface area contributed by atoms with Crippen LogP contribution in [0.2, 0.25) is 0 Å². The van der Waals surface area contributed by atoms with Gasteiger partial charge in [-0.15, -0.1) is 0 Å². The molecule has 0 spiro atoms. The molecule has 0 aromatic heterocycles. The zero-order chi connectivity index (χ0) is 9.68. The molecule has 0 unspecified atom stereocenters. The van der Waals surface area contributed by atoms with Crippen LogP contribution in [0.1, 0.15) is 39.0 Å². The minimum Gasteiger partial charge on any atom is -0.340 e. The number of hydrogen-bond acceptors (Lipinski definition) is 2. The van der Waals surface area contributed by atoms with Gasteiger partial charge in [-0.1, -0.05) is 6.92 Å². The van der Waals surface area contributed by atoms with Crippen molar-refractivity contribution in [1.29, 1.82) is 0 Å². The van der Waals surface area contributed by atoms with Gasteiger partial charge in [0.25, 0.3) is 0 Å². The van der Waals surface area contributed by atoms with Gasteiger partial charge in [0.2, 0.25) is 5.91 Å². The quantitative estimate of drug-likeness (QED) is 0.714. The molecule has 0 bridgehead atoms. The van der Waals surface area contributed by atoms with E-state index in [9.17, 15) is 4.79 Å². The Balaban J connectivity index is 2.48. The van der Waals surface area contributed by atoms with Crippen molar-refractivity contribution in [2.45, 2.75) is 45.1 Å². The lowest BCUT2D eigenvalue weighted by Gasteiger charge is -2.35. The first-order chi connectivity index (χ1) is 6.29. The van der Waals surface area contributed by atoms with Crippen molar-refractivity contribution in [3.8, 4) is 0 Å². The van der Waals surface area contributed by atoms with E-state index in [1.54, 1.807) is 0 Å². The summed E-state index contributed by atoms with van der Waals surface area (Å²) in [5.74, 6) is 0.244. The molecule has 1 saturated heterocycles. The molecule has 0 aliphatic carbocycles. The van der Waals surface area contributed by atoms with Gasteiger partial charge in [-0.25, -0.2) is 0 Å². The number of piperidine rings is 1. The molecular weight excluding hydrogens is 164 g/mol. The first-order valence-corrected chi connectivity index (χ1v) is 5.29. The molecule has 1 aliphatic rings. The molecule has 0 aromatic rings. The monoisotopic (exact) mass is 184 g/mol. The van der Waals surface area contributed by atoms with Crippen molar-refractivity contribution in [1.82, 2.24) is 4.90 Å². The summed E-state index contributed by atoms with van der Waals surface area (Å²) in [6.07, 6.45) is 5.19. The highest BCUT2D eigenvalue weighted by molar-refractivity contribution is 5.76. The Morgan fingerprint density at radius 3 is 2.92 bits per heavy atom. The maximum atomic E-state index is 11.6. The molecule has 1 heterocycles. The summed E-state index contributed by atoms with van der Waals surface area (Å²) in [5.41, 5.74) is 5.38. The highest BCUT2D eigenvalue weighted by Crippen LogP contribution is 2.19. The smallest absolute Gasteiger partial charge is 0.224 e. The molecule has 2 N–H and O–H groups in total. The molecule has 13 heavy (non-hydrogen) atoms. The fourth-order valence-electron chi connectivity index (χ4n) is 2.02. The first kappa shape index (κ1) is 10.5. The fourth-order valence-corrected chi connectivity index (χ4v) is 2.02. The Bertz CT molecular complexity index is 170. The molecule has 1 rings (SSSR count). The van der Waals surface area contributed by atoms with Crippen molar-refractivity contribution < 1.29 is 4.79 Å². The highest BCUT2D eigenvalue weighted by Gasteiger charge is 2.24. The molecule has 3 nitrogen and oxygen atoms in total. The summed E-state index contributed by atoms with van der Waals surface area (Å²) >= 11 is 0. The second-order valence-electron chi connectivity index (χ2n) is 3.68. The summed E-state index contributed by atoms with van der Waals surface area (Å²) in [5, 5.41) is 0. The normalized spacial score (nSPS) is 23.2. The predicted octanol–water partition coefficient (Wildman–Crippen LogP) is 1.13. The van der Waals surface area contributed by atoms with E-state index in [0.29, 0.717) is 19.0 Å². The Kier molecular flexibility index (Phi) is 4.22. The second-order valence-corrected chi connectivity index (χ2v) is 3.68. The Hall–Kier alpha value is -0.570. The third-order valence-corrected chi connectivity index (χ3v) is 2.78. The van der Waals surface area contributed by atoms with Crippen LogP contribution in [0.25, 0.3) is 0 Å². The van der Waals surface area contributed by atoms with Crippen molar-refractivity contribution in [3.63, 3.8) is 0 Å². The number of amides is 1. The summed E-state index contributed by atoms with van der Waals surface area (Å²) in [6, 6.07) is 0.479. The zero-order valence-corrected chi connectivity index (χ0v) is 8.46. The number of rotatable bonds is 3. The van der Waals surface area contributed by atoms with Gasteiger partial charge in [-0.2, -0.15) is 0 Å². The minimum absolute atomic E-state index is 0.244. The molecule has 3 heteroatoms. The van der Waals surface area contributed by atoms with Crippen LogP contribution in [0.15, 0.2) is 0 Å². The topological polar surface area (TPSA) is 46.3 Å². The van der Waals surface area contributed by atoms with Gasteiger partial charge in [0.1, 0.15) is 0 Å². The lowest BCUT2D eigenvalue weighted by atomic mass is 9.99. The van der Waals surface area contributed by atoms with E-state index in [4.69, 9.17) is 5.73 Å². The van der Waals surface area contributed by atoms with E-state index in [1.807, 2.05) is 4.90 Å². The van der Waals surface area contributed by atoms with Crippen molar-refractivity contribution in [2.24, 2.45) is 5.73 Å².